The van der Waals surface area contributed by atoms with Gasteiger partial charge in [0.25, 0.3) is 0 Å². The number of benzene rings is 1. The molecule has 2 heterocycles. The van der Waals surface area contributed by atoms with Crippen LogP contribution in [-0.2, 0) is 6.54 Å². The van der Waals surface area contributed by atoms with Crippen molar-refractivity contribution in [1.29, 1.82) is 0 Å². The van der Waals surface area contributed by atoms with E-state index in [1.807, 2.05) is 0 Å². The number of ether oxygens (including phenoxy) is 2. The molecule has 0 saturated carbocycles. The summed E-state index contributed by atoms with van der Waals surface area (Å²) in [5.41, 5.74) is 1.49. The predicted molar refractivity (Wildman–Crippen MR) is 93.6 cm³/mol. The van der Waals surface area contributed by atoms with Gasteiger partial charge in [-0.2, -0.15) is 0 Å². The summed E-state index contributed by atoms with van der Waals surface area (Å²) in [6, 6.07) is 9.98. The first kappa shape index (κ1) is 17.7. The van der Waals surface area contributed by atoms with Crippen LogP contribution in [0.3, 0.4) is 0 Å². The van der Waals surface area contributed by atoms with Crippen LogP contribution in [0.25, 0.3) is 0 Å². The maximum Gasteiger partial charge on any atom is 0.322 e. The van der Waals surface area contributed by atoms with Crippen molar-refractivity contribution in [3.05, 3.63) is 47.7 Å². The fourth-order valence-electron chi connectivity index (χ4n) is 2.54. The molecule has 1 aromatic heterocycles. The minimum atomic E-state index is -0.609. The molecule has 0 aliphatic carbocycles. The number of ketones is 1. The van der Waals surface area contributed by atoms with E-state index in [1.165, 1.54) is 6.07 Å². The van der Waals surface area contributed by atoms with E-state index in [-0.39, 0.29) is 18.3 Å². The third-order valence-corrected chi connectivity index (χ3v) is 3.96. The number of pyridine rings is 1. The minimum Gasteiger partial charge on any atom is -0.497 e. The second-order valence-corrected chi connectivity index (χ2v) is 5.67. The molecule has 1 aliphatic heterocycles. The van der Waals surface area contributed by atoms with E-state index < -0.39 is 12.4 Å². The molecule has 136 valence electrons. The van der Waals surface area contributed by atoms with Gasteiger partial charge in [-0.15, -0.1) is 0 Å². The van der Waals surface area contributed by atoms with Crippen LogP contribution in [0.4, 0.5) is 10.5 Å². The Morgan fingerprint density at radius 2 is 2.04 bits per heavy atom. The molecular weight excluding hydrogens is 338 g/mol. The van der Waals surface area contributed by atoms with Crippen LogP contribution in [0.5, 0.6) is 11.6 Å². The number of methoxy groups -OCH3 is 1. The number of carbonyl (C=O) groups excluding carboxylic acids is 2. The number of anilines is 1. The largest absolute Gasteiger partial charge is 0.497 e. The first-order chi connectivity index (χ1) is 12.6. The summed E-state index contributed by atoms with van der Waals surface area (Å²) in [6.45, 7) is 0.328. The van der Waals surface area contributed by atoms with Gasteiger partial charge in [0.05, 0.1) is 20.2 Å². The highest BCUT2D eigenvalue weighted by Gasteiger charge is 2.22. The molecule has 2 N–H and O–H groups in total. The van der Waals surface area contributed by atoms with Gasteiger partial charge in [-0.25, -0.2) is 9.78 Å². The predicted octanol–water partition coefficient (Wildman–Crippen LogP) is 1.69. The lowest BCUT2D eigenvalue weighted by Crippen LogP contribution is -2.36. The van der Waals surface area contributed by atoms with Crippen LogP contribution in [0.1, 0.15) is 16.1 Å². The standard InChI is InChI=1S/C18H19N3O5/c1-25-14-5-3-13(4-6-14)19-18(24)21-8-9-26-17-12(10-21)2-7-15(20-17)16(23)11-22/h2-7,22H,8-11H2,1H3,(H,19,24). The number of rotatable bonds is 4. The number of fused-ring (bicyclic) bond motifs is 1. The maximum absolute atomic E-state index is 12.5. The second kappa shape index (κ2) is 7.83. The first-order valence-corrected chi connectivity index (χ1v) is 8.07. The number of amides is 2. The zero-order valence-electron chi connectivity index (χ0n) is 14.3. The van der Waals surface area contributed by atoms with Gasteiger partial charge >= 0.3 is 6.03 Å². The lowest BCUT2D eigenvalue weighted by atomic mass is 10.2. The summed E-state index contributed by atoms with van der Waals surface area (Å²) in [5.74, 6) is 0.540. The number of hydrogen-bond donors (Lipinski definition) is 2. The summed E-state index contributed by atoms with van der Waals surface area (Å²) in [6.07, 6.45) is 0. The van der Waals surface area contributed by atoms with Crippen LogP contribution in [-0.4, -0.2) is 53.7 Å². The van der Waals surface area contributed by atoms with Crippen LogP contribution in [0, 0.1) is 0 Å². The van der Waals surface area contributed by atoms with Crippen molar-refractivity contribution in [2.24, 2.45) is 0 Å². The Morgan fingerprint density at radius 3 is 2.73 bits per heavy atom. The van der Waals surface area contributed by atoms with E-state index in [0.29, 0.717) is 36.0 Å². The first-order valence-electron chi connectivity index (χ1n) is 8.07. The number of aliphatic hydroxyl groups excluding tert-OH is 1. The molecule has 8 nitrogen and oxygen atoms in total. The molecule has 0 atom stereocenters. The number of Topliss-reactive ketones (excluding diaryl/α,β-unsaturated/α-hetero) is 1. The van der Waals surface area contributed by atoms with Crippen LogP contribution in [0.2, 0.25) is 0 Å². The SMILES string of the molecule is COc1ccc(NC(=O)N2CCOc3nc(C(=O)CO)ccc3C2)cc1. The van der Waals surface area contributed by atoms with Crippen molar-refractivity contribution in [3.63, 3.8) is 0 Å². The maximum atomic E-state index is 12.5. The Bertz CT molecular complexity index is 807. The summed E-state index contributed by atoms with van der Waals surface area (Å²) in [4.78, 5) is 29.8. The number of nitrogens with zero attached hydrogens (tertiary/aromatic N) is 2. The Balaban J connectivity index is 1.71. The normalized spacial score (nSPS) is 13.2. The van der Waals surface area contributed by atoms with Crippen molar-refractivity contribution < 1.29 is 24.2 Å². The van der Waals surface area contributed by atoms with E-state index in [4.69, 9.17) is 14.6 Å². The van der Waals surface area contributed by atoms with Gasteiger partial charge in [0.1, 0.15) is 24.7 Å². The van der Waals surface area contributed by atoms with Gasteiger partial charge < -0.3 is 24.8 Å². The molecule has 1 aromatic carbocycles. The fourth-order valence-corrected chi connectivity index (χ4v) is 2.54. The molecule has 3 rings (SSSR count). The Hall–Kier alpha value is -3.13. The van der Waals surface area contributed by atoms with Crippen LogP contribution < -0.4 is 14.8 Å². The summed E-state index contributed by atoms with van der Waals surface area (Å²) >= 11 is 0. The third kappa shape index (κ3) is 3.92. The molecule has 0 radical (unpaired) electrons. The van der Waals surface area contributed by atoms with Crippen molar-refractivity contribution in [3.8, 4) is 11.6 Å². The zero-order valence-corrected chi connectivity index (χ0v) is 14.3. The summed E-state index contributed by atoms with van der Waals surface area (Å²) in [5, 5.41) is 11.8. The monoisotopic (exact) mass is 357 g/mol. The van der Waals surface area contributed by atoms with Crippen LogP contribution >= 0.6 is 0 Å². The van der Waals surface area contributed by atoms with E-state index in [1.54, 1.807) is 42.3 Å². The zero-order chi connectivity index (χ0) is 18.5. The molecule has 0 spiro atoms. The van der Waals surface area contributed by atoms with Gasteiger partial charge in [0.15, 0.2) is 0 Å². The van der Waals surface area contributed by atoms with Crippen molar-refractivity contribution in [1.82, 2.24) is 9.88 Å². The smallest absolute Gasteiger partial charge is 0.322 e. The highest BCUT2D eigenvalue weighted by atomic mass is 16.5. The van der Waals surface area contributed by atoms with Gasteiger partial charge in [0, 0.05) is 11.3 Å². The Labute approximate surface area is 150 Å². The molecule has 2 aromatic rings. The average Bonchev–Trinajstić information content (AvgIpc) is 2.89. The molecule has 2 amide bonds. The highest BCUT2D eigenvalue weighted by Crippen LogP contribution is 2.22. The molecule has 26 heavy (non-hydrogen) atoms. The van der Waals surface area contributed by atoms with Gasteiger partial charge in [0.2, 0.25) is 11.7 Å². The molecule has 1 aliphatic rings. The van der Waals surface area contributed by atoms with Crippen molar-refractivity contribution >= 4 is 17.5 Å². The minimum absolute atomic E-state index is 0.141. The quantitative estimate of drug-likeness (QED) is 0.808. The van der Waals surface area contributed by atoms with E-state index >= 15 is 0 Å². The number of hydrogen-bond acceptors (Lipinski definition) is 6. The number of nitrogens with one attached hydrogen (secondary N) is 1. The number of aromatic nitrogens is 1. The number of carbonyl (C=O) groups is 2. The Morgan fingerprint density at radius 1 is 1.27 bits per heavy atom. The number of aliphatic hydroxyl groups is 1. The van der Waals surface area contributed by atoms with Crippen molar-refractivity contribution in [2.45, 2.75) is 6.54 Å². The molecule has 8 heteroatoms. The molecule has 0 fully saturated rings. The van der Waals surface area contributed by atoms with Crippen LogP contribution in [0.15, 0.2) is 36.4 Å². The second-order valence-electron chi connectivity index (χ2n) is 5.67. The van der Waals surface area contributed by atoms with Crippen molar-refractivity contribution in [2.75, 3.05) is 32.2 Å². The fraction of sp³-hybridized carbons (Fsp3) is 0.278. The number of urea groups is 1. The highest BCUT2D eigenvalue weighted by molar-refractivity contribution is 5.95. The third-order valence-electron chi connectivity index (χ3n) is 3.96. The van der Waals surface area contributed by atoms with Gasteiger partial charge in [-0.1, -0.05) is 0 Å². The molecule has 0 unspecified atom stereocenters. The van der Waals surface area contributed by atoms with E-state index in [2.05, 4.69) is 10.3 Å². The summed E-state index contributed by atoms with van der Waals surface area (Å²) in [7, 11) is 1.58. The van der Waals surface area contributed by atoms with E-state index in [9.17, 15) is 9.59 Å². The molecule has 0 saturated heterocycles. The summed E-state index contributed by atoms with van der Waals surface area (Å²) < 4.78 is 10.7. The van der Waals surface area contributed by atoms with Gasteiger partial charge in [-0.05, 0) is 36.4 Å². The van der Waals surface area contributed by atoms with E-state index in [0.717, 1.165) is 0 Å². The lowest BCUT2D eigenvalue weighted by Gasteiger charge is -2.20. The Kier molecular flexibility index (Phi) is 5.33. The molecule has 0 bridgehead atoms. The lowest BCUT2D eigenvalue weighted by molar-refractivity contribution is 0.0897. The topological polar surface area (TPSA) is 101 Å². The average molecular weight is 357 g/mol. The molecular formula is C18H19N3O5. The van der Waals surface area contributed by atoms with Gasteiger partial charge in [-0.3, -0.25) is 4.79 Å².